The second kappa shape index (κ2) is 16.5. The lowest BCUT2D eigenvalue weighted by Crippen LogP contribution is -2.51. The second-order valence-electron chi connectivity index (χ2n) is 14.5. The second-order valence-corrected chi connectivity index (χ2v) is 15.7. The summed E-state index contributed by atoms with van der Waals surface area (Å²) < 4.78 is 5.68. The van der Waals surface area contributed by atoms with Crippen LogP contribution in [0.25, 0.3) is 0 Å². The molecule has 1 N–H and O–H groups in total. The first kappa shape index (κ1) is 36.6. The van der Waals surface area contributed by atoms with Crippen molar-refractivity contribution >= 4 is 57.0 Å². The Morgan fingerprint density at radius 1 is 0.940 bits per heavy atom. The van der Waals surface area contributed by atoms with Gasteiger partial charge in [0.05, 0.1) is 24.6 Å². The zero-order chi connectivity index (χ0) is 35.4. The van der Waals surface area contributed by atoms with Crippen molar-refractivity contribution < 1.29 is 23.9 Å². The van der Waals surface area contributed by atoms with Crippen molar-refractivity contribution in [3.05, 3.63) is 62.6 Å². The van der Waals surface area contributed by atoms with Gasteiger partial charge in [0.25, 0.3) is 0 Å². The molecule has 4 aliphatic rings. The summed E-state index contributed by atoms with van der Waals surface area (Å²) in [5.41, 5.74) is 3.90. The minimum atomic E-state index is -0.487. The Balaban J connectivity index is 1.06. The maximum absolute atomic E-state index is 14.2. The minimum Gasteiger partial charge on any atom is -0.468 e. The number of carbonyl (C=O) groups is 4. The number of halogens is 2. The van der Waals surface area contributed by atoms with E-state index in [1.165, 1.54) is 7.11 Å². The van der Waals surface area contributed by atoms with Gasteiger partial charge in [-0.2, -0.15) is 0 Å². The smallest absolute Gasteiger partial charge is 0.322 e. The Kier molecular flexibility index (Phi) is 12.1. The van der Waals surface area contributed by atoms with Gasteiger partial charge in [-0.3, -0.25) is 19.3 Å². The summed E-state index contributed by atoms with van der Waals surface area (Å²) in [6, 6.07) is 11.8. The number of likely N-dealkylation sites (tertiary alicyclic amines) is 3. The van der Waals surface area contributed by atoms with E-state index in [2.05, 4.69) is 26.1 Å². The quantitative estimate of drug-likeness (QED) is 0.309. The number of carbonyl (C=O) groups excluding carboxylic acids is 4. The standard InChI is InChI=1S/C38H49BrClN5O5/c1-25-19-26(21-32(40)36(25)39)20-30(37(48)44-15-9-28(10-16-44)27-7-13-42(14-8-27)24-35(47)50-2)22-34(46)43-17-11-31(12-18-43)45-23-29-5-3-4-6-33(29)41-38(45)49/h3-6,19,21,27-28,30-31H,7-18,20,22-24H2,1-2H3,(H,41,49). The molecule has 0 saturated carbocycles. The molecule has 3 fully saturated rings. The number of hydrogen-bond donors (Lipinski definition) is 1. The SMILES string of the molecule is COC(=O)CN1CCC(C2CCN(C(=O)C(CC(=O)N3CCC(N4Cc5ccccc5NC4=O)CC3)Cc3cc(C)c(Br)c(Cl)c3)CC2)CC1. The monoisotopic (exact) mass is 769 g/mol. The van der Waals surface area contributed by atoms with Crippen molar-refractivity contribution in [2.75, 3.05) is 58.2 Å². The molecule has 3 saturated heterocycles. The Labute approximate surface area is 308 Å². The molecule has 0 aromatic heterocycles. The van der Waals surface area contributed by atoms with Crippen LogP contribution >= 0.6 is 27.5 Å². The predicted molar refractivity (Wildman–Crippen MR) is 197 cm³/mol. The zero-order valence-corrected chi connectivity index (χ0v) is 31.5. The lowest BCUT2D eigenvalue weighted by atomic mass is 9.78. The number of benzene rings is 2. The molecule has 0 aliphatic carbocycles. The van der Waals surface area contributed by atoms with Gasteiger partial charge in [0.2, 0.25) is 11.8 Å². The Hall–Kier alpha value is -3.15. The first-order chi connectivity index (χ1) is 24.1. The van der Waals surface area contributed by atoms with Crippen LogP contribution in [0.4, 0.5) is 10.5 Å². The molecule has 270 valence electrons. The number of urea groups is 1. The maximum atomic E-state index is 14.2. The molecule has 1 atom stereocenters. The molecule has 6 rings (SSSR count). The van der Waals surface area contributed by atoms with Crippen LogP contribution in [-0.4, -0.2) is 102 Å². The largest absolute Gasteiger partial charge is 0.468 e. The molecule has 0 spiro atoms. The summed E-state index contributed by atoms with van der Waals surface area (Å²) in [6.45, 7) is 7.21. The van der Waals surface area contributed by atoms with Crippen LogP contribution in [0.1, 0.15) is 61.6 Å². The van der Waals surface area contributed by atoms with E-state index < -0.39 is 5.92 Å². The van der Waals surface area contributed by atoms with Crippen molar-refractivity contribution in [3.63, 3.8) is 0 Å². The van der Waals surface area contributed by atoms with Gasteiger partial charge in [-0.1, -0.05) is 35.9 Å². The van der Waals surface area contributed by atoms with E-state index in [0.717, 1.165) is 65.6 Å². The number of ether oxygens (including phenoxy) is 1. The number of nitrogens with zero attached hydrogens (tertiary/aromatic N) is 4. The van der Waals surface area contributed by atoms with Crippen LogP contribution in [0.2, 0.25) is 5.02 Å². The summed E-state index contributed by atoms with van der Waals surface area (Å²) in [7, 11) is 1.43. The average molecular weight is 771 g/mol. The topological polar surface area (TPSA) is 102 Å². The summed E-state index contributed by atoms with van der Waals surface area (Å²) in [4.78, 5) is 60.6. The lowest BCUT2D eigenvalue weighted by molar-refractivity contribution is -0.143. The minimum absolute atomic E-state index is 0.0104. The van der Waals surface area contributed by atoms with Gasteiger partial charge in [-0.05, 0) is 122 Å². The summed E-state index contributed by atoms with van der Waals surface area (Å²) in [5.74, 6) is 0.513. The van der Waals surface area contributed by atoms with Crippen LogP contribution in [-0.2, 0) is 32.1 Å². The highest BCUT2D eigenvalue weighted by Crippen LogP contribution is 2.35. The number of esters is 1. The number of anilines is 1. The van der Waals surface area contributed by atoms with Gasteiger partial charge in [0.1, 0.15) is 0 Å². The van der Waals surface area contributed by atoms with Crippen LogP contribution in [0.15, 0.2) is 40.9 Å². The molecular weight excluding hydrogens is 722 g/mol. The Morgan fingerprint density at radius 2 is 1.58 bits per heavy atom. The fraction of sp³-hybridized carbons (Fsp3) is 0.579. The van der Waals surface area contributed by atoms with E-state index in [1.807, 2.05) is 58.0 Å². The van der Waals surface area contributed by atoms with Gasteiger partial charge >= 0.3 is 12.0 Å². The van der Waals surface area contributed by atoms with Crippen LogP contribution in [0.5, 0.6) is 0 Å². The molecule has 0 radical (unpaired) electrons. The third-order valence-corrected chi connectivity index (χ3v) is 13.0. The van der Waals surface area contributed by atoms with Crippen molar-refractivity contribution in [2.24, 2.45) is 17.8 Å². The van der Waals surface area contributed by atoms with Crippen molar-refractivity contribution in [2.45, 2.75) is 70.9 Å². The van der Waals surface area contributed by atoms with Crippen LogP contribution < -0.4 is 5.32 Å². The number of amides is 4. The third kappa shape index (κ3) is 8.65. The number of piperidine rings is 3. The highest BCUT2D eigenvalue weighted by Gasteiger charge is 2.37. The van der Waals surface area contributed by atoms with Crippen molar-refractivity contribution in [1.82, 2.24) is 19.6 Å². The first-order valence-corrected chi connectivity index (χ1v) is 19.2. The summed E-state index contributed by atoms with van der Waals surface area (Å²) in [5, 5.41) is 3.61. The van der Waals surface area contributed by atoms with E-state index in [0.29, 0.717) is 75.4 Å². The molecule has 50 heavy (non-hydrogen) atoms. The van der Waals surface area contributed by atoms with E-state index in [1.54, 1.807) is 0 Å². The molecule has 2 aromatic rings. The van der Waals surface area contributed by atoms with Gasteiger partial charge in [0.15, 0.2) is 0 Å². The molecule has 2 aromatic carbocycles. The van der Waals surface area contributed by atoms with Gasteiger partial charge in [-0.15, -0.1) is 0 Å². The van der Waals surface area contributed by atoms with Gasteiger partial charge < -0.3 is 24.8 Å². The van der Waals surface area contributed by atoms with Gasteiger partial charge in [0, 0.05) is 55.3 Å². The number of rotatable bonds is 9. The normalized spacial score (nSPS) is 20.3. The summed E-state index contributed by atoms with van der Waals surface area (Å²) >= 11 is 10.1. The highest BCUT2D eigenvalue weighted by molar-refractivity contribution is 9.10. The third-order valence-electron chi connectivity index (χ3n) is 11.4. The number of fused-ring (bicyclic) bond motifs is 1. The fourth-order valence-electron chi connectivity index (χ4n) is 8.41. The maximum Gasteiger partial charge on any atom is 0.322 e. The van der Waals surface area contributed by atoms with Gasteiger partial charge in [-0.25, -0.2) is 4.79 Å². The number of nitrogens with one attached hydrogen (secondary N) is 1. The number of hydrogen-bond acceptors (Lipinski definition) is 6. The molecule has 4 amide bonds. The molecule has 4 aliphatic heterocycles. The van der Waals surface area contributed by atoms with Crippen molar-refractivity contribution in [3.8, 4) is 0 Å². The molecule has 1 unspecified atom stereocenters. The molecule has 10 nitrogen and oxygen atoms in total. The van der Waals surface area contributed by atoms with E-state index in [-0.39, 0.29) is 36.3 Å². The molecular formula is C38H49BrClN5O5. The Bertz CT molecular complexity index is 1540. The Morgan fingerprint density at radius 3 is 2.24 bits per heavy atom. The zero-order valence-electron chi connectivity index (χ0n) is 29.2. The molecule has 0 bridgehead atoms. The van der Waals surface area contributed by atoms with Crippen LogP contribution in [0, 0.1) is 24.7 Å². The first-order valence-electron chi connectivity index (χ1n) is 18.0. The molecule has 12 heteroatoms. The number of para-hydroxylation sites is 1. The van der Waals surface area contributed by atoms with E-state index >= 15 is 0 Å². The van der Waals surface area contributed by atoms with E-state index in [4.69, 9.17) is 16.3 Å². The number of aryl methyl sites for hydroxylation is 1. The molecule has 4 heterocycles. The highest BCUT2D eigenvalue weighted by atomic mass is 79.9. The van der Waals surface area contributed by atoms with Crippen LogP contribution in [0.3, 0.4) is 0 Å². The average Bonchev–Trinajstić information content (AvgIpc) is 3.13. The predicted octanol–water partition coefficient (Wildman–Crippen LogP) is 6.12. The summed E-state index contributed by atoms with van der Waals surface area (Å²) in [6.07, 6.45) is 6.03. The number of methoxy groups -OCH3 is 1. The fourth-order valence-corrected chi connectivity index (χ4v) is 8.93. The van der Waals surface area contributed by atoms with Crippen molar-refractivity contribution in [1.29, 1.82) is 0 Å². The van der Waals surface area contributed by atoms with E-state index in [9.17, 15) is 19.2 Å². The lowest BCUT2D eigenvalue weighted by Gasteiger charge is -2.41.